The van der Waals surface area contributed by atoms with Crippen LogP contribution in [-0.2, 0) is 12.8 Å². The van der Waals surface area contributed by atoms with Crippen molar-refractivity contribution in [3.63, 3.8) is 0 Å². The molecular formula is C27H33ClN4. The zero-order valence-electron chi connectivity index (χ0n) is 19.0. The SMILES string of the molecule is CC1NC=C(CCCCN2CCC(=C3c4ccc(Cl)cc4CCc4cccnc43)CC2)N1. The fourth-order valence-electron chi connectivity index (χ4n) is 5.31. The number of piperidine rings is 1. The molecule has 1 aromatic carbocycles. The Morgan fingerprint density at radius 3 is 2.72 bits per heavy atom. The molecule has 1 aromatic heterocycles. The molecule has 5 heteroatoms. The molecule has 1 atom stereocenters. The number of halogens is 1. The topological polar surface area (TPSA) is 40.2 Å². The molecule has 3 aliphatic rings. The van der Waals surface area contributed by atoms with Crippen LogP contribution in [-0.4, -0.2) is 35.7 Å². The van der Waals surface area contributed by atoms with Crippen LogP contribution in [0, 0.1) is 0 Å². The van der Waals surface area contributed by atoms with Gasteiger partial charge in [-0.3, -0.25) is 4.98 Å². The van der Waals surface area contributed by atoms with E-state index in [0.29, 0.717) is 6.17 Å². The molecule has 2 aromatic rings. The van der Waals surface area contributed by atoms with Gasteiger partial charge in [-0.05, 0) is 93.3 Å². The summed E-state index contributed by atoms with van der Waals surface area (Å²) in [4.78, 5) is 7.50. The van der Waals surface area contributed by atoms with Gasteiger partial charge in [0.15, 0.2) is 0 Å². The van der Waals surface area contributed by atoms with Crippen molar-refractivity contribution in [3.8, 4) is 0 Å². The summed E-state index contributed by atoms with van der Waals surface area (Å²) in [7, 11) is 0. The molecule has 0 bridgehead atoms. The summed E-state index contributed by atoms with van der Waals surface area (Å²) >= 11 is 6.35. The molecular weight excluding hydrogens is 416 g/mol. The molecule has 0 spiro atoms. The quantitative estimate of drug-likeness (QED) is 0.610. The van der Waals surface area contributed by atoms with E-state index in [-0.39, 0.29) is 0 Å². The smallest absolute Gasteiger partial charge is 0.0928 e. The highest BCUT2D eigenvalue weighted by Crippen LogP contribution is 2.38. The molecule has 0 saturated carbocycles. The van der Waals surface area contributed by atoms with Gasteiger partial charge in [0.1, 0.15) is 0 Å². The van der Waals surface area contributed by atoms with Crippen molar-refractivity contribution in [3.05, 3.63) is 81.4 Å². The largest absolute Gasteiger partial charge is 0.370 e. The summed E-state index contributed by atoms with van der Waals surface area (Å²) in [6, 6.07) is 10.7. The average Bonchev–Trinajstić information content (AvgIpc) is 3.15. The summed E-state index contributed by atoms with van der Waals surface area (Å²) in [5, 5.41) is 7.62. The highest BCUT2D eigenvalue weighted by molar-refractivity contribution is 6.30. The molecule has 2 aliphatic heterocycles. The van der Waals surface area contributed by atoms with E-state index >= 15 is 0 Å². The van der Waals surface area contributed by atoms with E-state index < -0.39 is 0 Å². The van der Waals surface area contributed by atoms with Crippen LogP contribution in [0.5, 0.6) is 0 Å². The zero-order chi connectivity index (χ0) is 21.9. The molecule has 0 amide bonds. The number of allylic oxidation sites excluding steroid dienone is 1. The number of aryl methyl sites for hydroxylation is 2. The van der Waals surface area contributed by atoms with E-state index in [0.717, 1.165) is 50.2 Å². The number of nitrogens with one attached hydrogen (secondary N) is 2. The second-order valence-electron chi connectivity index (χ2n) is 9.29. The summed E-state index contributed by atoms with van der Waals surface area (Å²) in [5.41, 5.74) is 9.55. The third kappa shape index (κ3) is 4.72. The van der Waals surface area contributed by atoms with Crippen LogP contribution in [0.25, 0.3) is 5.57 Å². The standard InChI is InChI=1S/C27H33ClN4/c1-19-30-18-24(31-19)6-2-3-14-32-15-11-20(12-16-32)26-25-10-9-23(28)17-22(25)8-7-21-5-4-13-29-27(21)26/h4-5,9-10,13,17-19,30-31H,2-3,6-8,11-12,14-16H2,1H3. The highest BCUT2D eigenvalue weighted by Gasteiger charge is 2.25. The number of pyridine rings is 1. The molecule has 168 valence electrons. The average molecular weight is 449 g/mol. The van der Waals surface area contributed by atoms with Crippen molar-refractivity contribution in [2.24, 2.45) is 0 Å². The molecule has 0 radical (unpaired) electrons. The lowest BCUT2D eigenvalue weighted by molar-refractivity contribution is 0.251. The van der Waals surface area contributed by atoms with Crippen molar-refractivity contribution >= 4 is 17.2 Å². The molecule has 1 aliphatic carbocycles. The lowest BCUT2D eigenvalue weighted by Crippen LogP contribution is -2.32. The first-order chi connectivity index (χ1) is 15.7. The Hall–Kier alpha value is -2.30. The van der Waals surface area contributed by atoms with Crippen molar-refractivity contribution in [1.29, 1.82) is 0 Å². The summed E-state index contributed by atoms with van der Waals surface area (Å²) in [6.07, 6.45) is 12.4. The Bertz CT molecular complexity index is 1030. The molecule has 2 N–H and O–H groups in total. The van der Waals surface area contributed by atoms with Crippen LogP contribution in [0.2, 0.25) is 5.02 Å². The molecule has 1 saturated heterocycles. The van der Waals surface area contributed by atoms with Gasteiger partial charge in [-0.1, -0.05) is 29.3 Å². The fourth-order valence-corrected chi connectivity index (χ4v) is 5.51. The first-order valence-electron chi connectivity index (χ1n) is 12.1. The van der Waals surface area contributed by atoms with Gasteiger partial charge in [0.05, 0.1) is 11.9 Å². The summed E-state index contributed by atoms with van der Waals surface area (Å²) in [6.45, 7) is 5.63. The molecule has 32 heavy (non-hydrogen) atoms. The Balaban J connectivity index is 1.27. The second kappa shape index (κ2) is 9.68. The zero-order valence-corrected chi connectivity index (χ0v) is 19.7. The molecule has 4 nitrogen and oxygen atoms in total. The number of nitrogens with zero attached hydrogens (tertiary/aromatic N) is 2. The van der Waals surface area contributed by atoms with Crippen LogP contribution in [0.1, 0.15) is 61.4 Å². The minimum atomic E-state index is 0.378. The van der Waals surface area contributed by atoms with Crippen molar-refractivity contribution < 1.29 is 0 Å². The van der Waals surface area contributed by atoms with Crippen LogP contribution in [0.3, 0.4) is 0 Å². The minimum absolute atomic E-state index is 0.378. The van der Waals surface area contributed by atoms with Gasteiger partial charge in [-0.2, -0.15) is 0 Å². The van der Waals surface area contributed by atoms with Gasteiger partial charge >= 0.3 is 0 Å². The Morgan fingerprint density at radius 1 is 1.06 bits per heavy atom. The fraction of sp³-hybridized carbons (Fsp3) is 0.444. The maximum absolute atomic E-state index is 6.35. The number of fused-ring (bicyclic) bond motifs is 2. The normalized spacial score (nSPS) is 20.7. The Kier molecular flexibility index (Phi) is 6.52. The first kappa shape index (κ1) is 21.5. The monoisotopic (exact) mass is 448 g/mol. The van der Waals surface area contributed by atoms with Gasteiger partial charge in [-0.25, -0.2) is 0 Å². The van der Waals surface area contributed by atoms with Gasteiger partial charge in [0.25, 0.3) is 0 Å². The molecule has 1 fully saturated rings. The summed E-state index contributed by atoms with van der Waals surface area (Å²) in [5.74, 6) is 0. The van der Waals surface area contributed by atoms with E-state index in [1.807, 2.05) is 12.3 Å². The van der Waals surface area contributed by atoms with Crippen LogP contribution in [0.15, 0.2) is 54.0 Å². The molecule has 1 unspecified atom stereocenters. The van der Waals surface area contributed by atoms with Crippen molar-refractivity contribution in [2.75, 3.05) is 19.6 Å². The number of aromatic nitrogens is 1. The Morgan fingerprint density at radius 2 is 1.91 bits per heavy atom. The van der Waals surface area contributed by atoms with Gasteiger partial charge in [0, 0.05) is 41.8 Å². The van der Waals surface area contributed by atoms with Gasteiger partial charge in [0.2, 0.25) is 0 Å². The van der Waals surface area contributed by atoms with Gasteiger partial charge < -0.3 is 15.5 Å². The number of unbranched alkanes of at least 4 members (excludes halogenated alkanes) is 1. The van der Waals surface area contributed by atoms with Crippen molar-refractivity contribution in [2.45, 2.75) is 58.0 Å². The number of hydrogen-bond acceptors (Lipinski definition) is 4. The van der Waals surface area contributed by atoms with Crippen LogP contribution < -0.4 is 10.6 Å². The maximum Gasteiger partial charge on any atom is 0.0928 e. The highest BCUT2D eigenvalue weighted by atomic mass is 35.5. The molecule has 3 heterocycles. The minimum Gasteiger partial charge on any atom is -0.370 e. The van der Waals surface area contributed by atoms with E-state index in [2.05, 4.69) is 52.9 Å². The maximum atomic E-state index is 6.35. The number of rotatable bonds is 5. The van der Waals surface area contributed by atoms with Crippen LogP contribution in [0.4, 0.5) is 0 Å². The third-order valence-electron chi connectivity index (χ3n) is 7.02. The van der Waals surface area contributed by atoms with E-state index in [1.165, 1.54) is 53.0 Å². The summed E-state index contributed by atoms with van der Waals surface area (Å²) < 4.78 is 0. The van der Waals surface area contributed by atoms with E-state index in [1.54, 1.807) is 5.57 Å². The Labute approximate surface area is 196 Å². The molecule has 5 rings (SSSR count). The third-order valence-corrected chi connectivity index (χ3v) is 7.26. The van der Waals surface area contributed by atoms with Crippen LogP contribution >= 0.6 is 11.6 Å². The van der Waals surface area contributed by atoms with Gasteiger partial charge in [-0.15, -0.1) is 0 Å². The number of likely N-dealkylation sites (tertiary alicyclic amines) is 1. The van der Waals surface area contributed by atoms with Crippen molar-refractivity contribution in [1.82, 2.24) is 20.5 Å². The first-order valence-corrected chi connectivity index (χ1v) is 12.4. The second-order valence-corrected chi connectivity index (χ2v) is 9.73. The lowest BCUT2D eigenvalue weighted by Gasteiger charge is -2.30. The number of benzene rings is 1. The lowest BCUT2D eigenvalue weighted by atomic mass is 9.88. The predicted octanol–water partition coefficient (Wildman–Crippen LogP) is 5.28. The number of hydrogen-bond donors (Lipinski definition) is 2. The van der Waals surface area contributed by atoms with E-state index in [4.69, 9.17) is 16.6 Å². The van der Waals surface area contributed by atoms with E-state index in [9.17, 15) is 0 Å². The predicted molar refractivity (Wildman–Crippen MR) is 132 cm³/mol.